The van der Waals surface area contributed by atoms with Crippen LogP contribution in [-0.4, -0.2) is 30.9 Å². The van der Waals surface area contributed by atoms with Gasteiger partial charge in [0.15, 0.2) is 0 Å². The quantitative estimate of drug-likeness (QED) is 0.552. The molecule has 0 saturated carbocycles. The highest BCUT2D eigenvalue weighted by atomic mass is 32.2. The van der Waals surface area contributed by atoms with Gasteiger partial charge in [0.25, 0.3) is 5.56 Å². The molecule has 7 heteroatoms. The first-order valence-electron chi connectivity index (χ1n) is 3.22. The summed E-state index contributed by atoms with van der Waals surface area (Å²) in [4.78, 5) is 24.7. The molecule has 0 aliphatic rings. The van der Waals surface area contributed by atoms with Crippen molar-refractivity contribution in [3.8, 4) is 0 Å². The summed E-state index contributed by atoms with van der Waals surface area (Å²) in [5.41, 5.74) is -0.855. The maximum atomic E-state index is 10.2. The molecule has 1 rings (SSSR count). The largest absolute Gasteiger partial charge is 0.325 e. The van der Waals surface area contributed by atoms with Crippen molar-refractivity contribution in [3.63, 3.8) is 0 Å². The van der Waals surface area contributed by atoms with Gasteiger partial charge in [-0.25, -0.2) is 13.2 Å². The molecule has 0 atom stereocenters. The van der Waals surface area contributed by atoms with E-state index in [4.69, 9.17) is 0 Å². The van der Waals surface area contributed by atoms with Crippen molar-refractivity contribution >= 4 is 9.84 Å². The van der Waals surface area contributed by atoms with Crippen molar-refractivity contribution in [1.82, 2.24) is 9.97 Å². The van der Waals surface area contributed by atoms with Crippen molar-refractivity contribution in [2.45, 2.75) is 0 Å². The Morgan fingerprint density at radius 3 is 1.92 bits per heavy atom. The molecular formula is C6H10N2O4S. The van der Waals surface area contributed by atoms with Crippen molar-refractivity contribution in [2.24, 2.45) is 0 Å². The number of aromatic nitrogens is 2. The minimum absolute atomic E-state index is 0.381. The third-order valence-corrected chi connectivity index (χ3v) is 0.686. The maximum Gasteiger partial charge on any atom is 0.325 e. The monoisotopic (exact) mass is 206 g/mol. The summed E-state index contributed by atoms with van der Waals surface area (Å²) in [6, 6.07) is 1.24. The topological polar surface area (TPSA) is 99.9 Å². The average Bonchev–Trinajstić information content (AvgIpc) is 1.81. The summed E-state index contributed by atoms with van der Waals surface area (Å²) in [6.07, 6.45) is 3.61. The Hall–Kier alpha value is -1.37. The Morgan fingerprint density at radius 1 is 1.23 bits per heavy atom. The van der Waals surface area contributed by atoms with Crippen molar-refractivity contribution in [3.05, 3.63) is 33.1 Å². The fraction of sp³-hybridized carbons (Fsp3) is 0.333. The fourth-order valence-electron chi connectivity index (χ4n) is 0.383. The van der Waals surface area contributed by atoms with E-state index in [1.807, 2.05) is 4.98 Å². The molecule has 1 aromatic heterocycles. The fourth-order valence-corrected chi connectivity index (χ4v) is 0.383. The molecule has 0 aromatic carbocycles. The van der Waals surface area contributed by atoms with Crippen molar-refractivity contribution in [2.75, 3.05) is 12.5 Å². The molecule has 1 aromatic rings. The molecule has 0 spiro atoms. The molecule has 0 amide bonds. The minimum Gasteiger partial charge on any atom is -0.314 e. The van der Waals surface area contributed by atoms with E-state index >= 15 is 0 Å². The molecule has 2 N–H and O–H groups in total. The second-order valence-electron chi connectivity index (χ2n) is 2.44. The highest BCUT2D eigenvalue weighted by molar-refractivity contribution is 7.89. The normalized spacial score (nSPS) is 10.0. The van der Waals surface area contributed by atoms with E-state index in [-0.39, 0.29) is 5.56 Å². The highest BCUT2D eigenvalue weighted by Gasteiger charge is 1.79. The Bertz CT molecular complexity index is 423. The van der Waals surface area contributed by atoms with Gasteiger partial charge in [-0.3, -0.25) is 9.78 Å². The molecule has 74 valence electrons. The molecule has 1 heterocycles. The van der Waals surface area contributed by atoms with Gasteiger partial charge in [0.05, 0.1) is 0 Å². The van der Waals surface area contributed by atoms with Crippen LogP contribution in [0.2, 0.25) is 0 Å². The van der Waals surface area contributed by atoms with Crippen LogP contribution in [0, 0.1) is 0 Å². The summed E-state index contributed by atoms with van der Waals surface area (Å²) >= 11 is 0. The maximum absolute atomic E-state index is 10.2. The van der Waals surface area contributed by atoms with Gasteiger partial charge in [-0.2, -0.15) is 0 Å². The van der Waals surface area contributed by atoms with Crippen LogP contribution in [-0.2, 0) is 9.84 Å². The van der Waals surface area contributed by atoms with Gasteiger partial charge >= 0.3 is 5.69 Å². The lowest BCUT2D eigenvalue weighted by molar-refractivity contribution is 0.607. The van der Waals surface area contributed by atoms with Crippen molar-refractivity contribution < 1.29 is 8.42 Å². The van der Waals surface area contributed by atoms with Crippen LogP contribution in [0.1, 0.15) is 0 Å². The van der Waals surface area contributed by atoms with Crippen LogP contribution >= 0.6 is 0 Å². The van der Waals surface area contributed by atoms with Crippen LogP contribution in [0.15, 0.2) is 21.9 Å². The van der Waals surface area contributed by atoms with E-state index in [0.29, 0.717) is 0 Å². The molecular weight excluding hydrogens is 196 g/mol. The van der Waals surface area contributed by atoms with E-state index in [0.717, 1.165) is 12.5 Å². The first-order chi connectivity index (χ1) is 5.79. The molecule has 6 nitrogen and oxygen atoms in total. The van der Waals surface area contributed by atoms with Crippen LogP contribution in [0.25, 0.3) is 0 Å². The van der Waals surface area contributed by atoms with E-state index in [1.165, 1.54) is 12.3 Å². The lowest BCUT2D eigenvalue weighted by atomic mass is 10.7. The molecule has 0 aliphatic carbocycles. The zero-order valence-electron chi connectivity index (χ0n) is 7.20. The Balaban J connectivity index is 0.000000252. The summed E-state index contributed by atoms with van der Waals surface area (Å²) in [7, 11) is -2.67. The molecule has 0 bridgehead atoms. The second kappa shape index (κ2) is 4.61. The second-order valence-corrected chi connectivity index (χ2v) is 4.72. The van der Waals surface area contributed by atoms with Gasteiger partial charge in [0.2, 0.25) is 0 Å². The molecule has 0 saturated heterocycles. The predicted octanol–water partition coefficient (Wildman–Crippen LogP) is -1.28. The SMILES string of the molecule is CS(C)(=O)=O.O=c1cc[nH]c(=O)[nH]1. The number of sulfone groups is 1. The lowest BCUT2D eigenvalue weighted by Crippen LogP contribution is -2.19. The number of rotatable bonds is 0. The summed E-state index contributed by atoms with van der Waals surface area (Å²) in [5.74, 6) is 0. The minimum atomic E-state index is -2.67. The van der Waals surface area contributed by atoms with Crippen LogP contribution in [0.3, 0.4) is 0 Å². The predicted molar refractivity (Wildman–Crippen MR) is 48.5 cm³/mol. The van der Waals surface area contributed by atoms with Crippen LogP contribution < -0.4 is 11.2 Å². The number of hydrogen-bond acceptors (Lipinski definition) is 4. The first-order valence-corrected chi connectivity index (χ1v) is 5.52. The van der Waals surface area contributed by atoms with Crippen LogP contribution in [0.4, 0.5) is 0 Å². The summed E-state index contributed by atoms with van der Waals surface area (Å²) in [6.45, 7) is 0. The van der Waals surface area contributed by atoms with Crippen molar-refractivity contribution in [1.29, 1.82) is 0 Å². The summed E-state index contributed by atoms with van der Waals surface area (Å²) in [5, 5.41) is 0. The Morgan fingerprint density at radius 2 is 1.69 bits per heavy atom. The lowest BCUT2D eigenvalue weighted by Gasteiger charge is -1.75. The third kappa shape index (κ3) is 10.6. The van der Waals surface area contributed by atoms with Gasteiger partial charge in [0.1, 0.15) is 9.84 Å². The van der Waals surface area contributed by atoms with Crippen LogP contribution in [0.5, 0.6) is 0 Å². The van der Waals surface area contributed by atoms with E-state index < -0.39 is 15.5 Å². The van der Waals surface area contributed by atoms with Gasteiger partial charge in [-0.05, 0) is 0 Å². The Labute approximate surface area is 74.6 Å². The smallest absolute Gasteiger partial charge is 0.314 e. The Kier molecular flexibility index (Phi) is 4.12. The zero-order chi connectivity index (χ0) is 10.5. The van der Waals surface area contributed by atoms with Gasteiger partial charge < -0.3 is 4.98 Å². The molecule has 0 aliphatic heterocycles. The number of nitrogens with one attached hydrogen (secondary N) is 2. The number of aromatic amines is 2. The third-order valence-electron chi connectivity index (χ3n) is 0.686. The van der Waals surface area contributed by atoms with Gasteiger partial charge in [-0.15, -0.1) is 0 Å². The standard InChI is InChI=1S/C4H4N2O2.C2H6O2S/c7-3-1-2-5-4(8)6-3;1-5(2,3)4/h1-2H,(H2,5,6,7,8);1-2H3. The molecule has 0 radical (unpaired) electrons. The molecule has 0 unspecified atom stereocenters. The zero-order valence-corrected chi connectivity index (χ0v) is 8.01. The highest BCUT2D eigenvalue weighted by Crippen LogP contribution is 1.61. The molecule has 13 heavy (non-hydrogen) atoms. The molecule has 0 fully saturated rings. The number of H-pyrrole nitrogens is 2. The van der Waals surface area contributed by atoms with Gasteiger partial charge in [0, 0.05) is 24.8 Å². The van der Waals surface area contributed by atoms with Gasteiger partial charge in [-0.1, -0.05) is 0 Å². The number of hydrogen-bond donors (Lipinski definition) is 2. The summed E-state index contributed by atoms with van der Waals surface area (Å²) < 4.78 is 19.3. The van der Waals surface area contributed by atoms with E-state index in [2.05, 4.69) is 4.98 Å². The van der Waals surface area contributed by atoms with E-state index in [1.54, 1.807) is 0 Å². The first kappa shape index (κ1) is 11.6. The average molecular weight is 206 g/mol. The van der Waals surface area contributed by atoms with E-state index in [9.17, 15) is 18.0 Å².